The number of hydrogen-bond acceptors (Lipinski definition) is 4. The summed E-state index contributed by atoms with van der Waals surface area (Å²) in [5.74, 6) is 1.95. The number of piperidine rings is 1. The number of nitrogens with one attached hydrogen (secondary N) is 1. The molecule has 146 valence electrons. The van der Waals surface area contributed by atoms with Crippen molar-refractivity contribution in [3.8, 4) is 0 Å². The number of aliphatic imine (C=N–C) groups is 2. The van der Waals surface area contributed by atoms with E-state index in [0.29, 0.717) is 18.0 Å². The van der Waals surface area contributed by atoms with E-state index in [1.165, 1.54) is 10.6 Å². The normalized spacial score (nSPS) is 19.9. The number of amidine groups is 2. The van der Waals surface area contributed by atoms with Gasteiger partial charge in [0.05, 0.1) is 12.6 Å². The van der Waals surface area contributed by atoms with Gasteiger partial charge in [-0.25, -0.2) is 0 Å². The maximum Gasteiger partial charge on any atom is 0.134 e. The van der Waals surface area contributed by atoms with Gasteiger partial charge in [0.1, 0.15) is 11.7 Å². The van der Waals surface area contributed by atoms with Crippen molar-refractivity contribution < 1.29 is 0 Å². The number of nitrogens with zero attached hydrogens (tertiary/aromatic N) is 3. The molecule has 1 N–H and O–H groups in total. The van der Waals surface area contributed by atoms with Crippen molar-refractivity contribution in [1.29, 1.82) is 0 Å². The third-order valence-electron chi connectivity index (χ3n) is 5.00. The minimum absolute atomic E-state index is 0.295. The smallest absolute Gasteiger partial charge is 0.134 e. The number of benzene rings is 1. The maximum absolute atomic E-state index is 4.94. The van der Waals surface area contributed by atoms with Crippen LogP contribution in [0.25, 0.3) is 0 Å². The van der Waals surface area contributed by atoms with Crippen molar-refractivity contribution >= 4 is 23.4 Å². The maximum atomic E-state index is 4.94. The van der Waals surface area contributed by atoms with Crippen LogP contribution < -0.4 is 5.32 Å². The zero-order valence-electron chi connectivity index (χ0n) is 17.1. The first-order valence-electron chi connectivity index (χ1n) is 9.79. The van der Waals surface area contributed by atoms with Gasteiger partial charge in [-0.15, -0.1) is 11.8 Å². The van der Waals surface area contributed by atoms with Crippen molar-refractivity contribution in [2.45, 2.75) is 51.0 Å². The van der Waals surface area contributed by atoms with Crippen LogP contribution in [0.4, 0.5) is 0 Å². The molecule has 0 amide bonds. The lowest BCUT2D eigenvalue weighted by molar-refractivity contribution is 0.237. The van der Waals surface area contributed by atoms with Crippen LogP contribution >= 0.6 is 11.8 Å². The topological polar surface area (TPSA) is 40.0 Å². The Kier molecular flexibility index (Phi) is 6.30. The average molecular weight is 385 g/mol. The number of rotatable bonds is 5. The molecule has 0 aromatic heterocycles. The Morgan fingerprint density at radius 2 is 1.93 bits per heavy atom. The lowest BCUT2D eigenvalue weighted by Crippen LogP contribution is -2.36. The zero-order chi connectivity index (χ0) is 19.4. The molecule has 0 saturated carbocycles. The number of thioether (sulfide) groups is 1. The molecule has 1 aromatic rings. The highest BCUT2D eigenvalue weighted by atomic mass is 32.2. The van der Waals surface area contributed by atoms with E-state index in [0.717, 1.165) is 49.6 Å². The first-order chi connectivity index (χ1) is 12.8. The molecule has 0 spiro atoms. The largest absolute Gasteiger partial charge is 0.375 e. The fraction of sp³-hybridized carbons (Fsp3) is 0.545. The van der Waals surface area contributed by atoms with Gasteiger partial charge < -0.3 is 10.2 Å². The van der Waals surface area contributed by atoms with Gasteiger partial charge in [-0.2, -0.15) is 0 Å². The number of allylic oxidation sites excluding steroid dienone is 1. The van der Waals surface area contributed by atoms with Gasteiger partial charge in [0.2, 0.25) is 0 Å². The first kappa shape index (κ1) is 20.0. The van der Waals surface area contributed by atoms with Crippen LogP contribution in [0.3, 0.4) is 0 Å². The Morgan fingerprint density at radius 1 is 1.26 bits per heavy atom. The van der Waals surface area contributed by atoms with Gasteiger partial charge in [-0.3, -0.25) is 9.98 Å². The van der Waals surface area contributed by atoms with Crippen molar-refractivity contribution in [3.05, 3.63) is 42.1 Å². The minimum Gasteiger partial charge on any atom is -0.375 e. The first-order valence-corrected chi connectivity index (χ1v) is 11.0. The van der Waals surface area contributed by atoms with Crippen LogP contribution in [0.5, 0.6) is 0 Å². The average Bonchev–Trinajstić information content (AvgIpc) is 3.09. The highest BCUT2D eigenvalue weighted by molar-refractivity contribution is 7.98. The molecule has 1 aromatic carbocycles. The highest BCUT2D eigenvalue weighted by Crippen LogP contribution is 2.27. The summed E-state index contributed by atoms with van der Waals surface area (Å²) >= 11 is 1.75. The number of likely N-dealkylation sites (tertiary alicyclic amines) is 1. The third-order valence-corrected chi connectivity index (χ3v) is 5.74. The molecular formula is C22H32N4S. The standard InChI is InChI=1S/C22H32N4S/c1-16(14-22(2,3)4)26-12-10-18(11-13-26)24-20-15-23-21(25-20)17-6-8-19(27-5)9-7-17/h6-9,18H,1,10-15H2,2-5H3,(H,23,24,25). The molecule has 3 rings (SSSR count). The summed E-state index contributed by atoms with van der Waals surface area (Å²) < 4.78 is 0. The molecule has 0 atom stereocenters. The summed E-state index contributed by atoms with van der Waals surface area (Å²) in [6.07, 6.45) is 5.33. The van der Waals surface area contributed by atoms with E-state index in [4.69, 9.17) is 4.99 Å². The molecule has 27 heavy (non-hydrogen) atoms. The quantitative estimate of drug-likeness (QED) is 0.756. The number of hydrogen-bond donors (Lipinski definition) is 1. The monoisotopic (exact) mass is 384 g/mol. The Morgan fingerprint density at radius 3 is 2.52 bits per heavy atom. The van der Waals surface area contributed by atoms with Gasteiger partial charge in [0.25, 0.3) is 0 Å². The fourth-order valence-corrected chi connectivity index (χ4v) is 4.02. The Hall–Kier alpha value is -1.75. The Balaban J connectivity index is 1.50. The highest BCUT2D eigenvalue weighted by Gasteiger charge is 2.23. The summed E-state index contributed by atoms with van der Waals surface area (Å²) in [5, 5.41) is 3.42. The summed E-state index contributed by atoms with van der Waals surface area (Å²) in [7, 11) is 0. The van der Waals surface area contributed by atoms with Gasteiger partial charge in [0, 0.05) is 29.2 Å². The van der Waals surface area contributed by atoms with E-state index in [9.17, 15) is 0 Å². The second-order valence-corrected chi connectivity index (χ2v) is 9.50. The second kappa shape index (κ2) is 8.51. The van der Waals surface area contributed by atoms with Crippen LogP contribution in [0.2, 0.25) is 0 Å². The van der Waals surface area contributed by atoms with Crippen LogP contribution in [-0.2, 0) is 0 Å². The van der Waals surface area contributed by atoms with Crippen LogP contribution in [0.15, 0.2) is 51.4 Å². The molecule has 2 heterocycles. The second-order valence-electron chi connectivity index (χ2n) is 8.62. The fourth-order valence-electron chi connectivity index (χ4n) is 3.61. The summed E-state index contributed by atoms with van der Waals surface area (Å²) in [4.78, 5) is 13.3. The van der Waals surface area contributed by atoms with E-state index < -0.39 is 0 Å². The molecule has 2 aliphatic rings. The predicted molar refractivity (Wildman–Crippen MR) is 118 cm³/mol. The molecule has 2 aliphatic heterocycles. The van der Waals surface area contributed by atoms with E-state index in [1.807, 2.05) is 0 Å². The Bertz CT molecular complexity index is 720. The lowest BCUT2D eigenvalue weighted by Gasteiger charge is -2.35. The van der Waals surface area contributed by atoms with Crippen LogP contribution in [-0.4, -0.2) is 48.5 Å². The van der Waals surface area contributed by atoms with Crippen molar-refractivity contribution in [2.24, 2.45) is 15.4 Å². The molecule has 0 radical (unpaired) electrons. The molecule has 0 unspecified atom stereocenters. The zero-order valence-corrected chi connectivity index (χ0v) is 17.9. The van der Waals surface area contributed by atoms with E-state index in [1.54, 1.807) is 11.8 Å². The molecule has 0 aliphatic carbocycles. The van der Waals surface area contributed by atoms with Gasteiger partial charge in [0.15, 0.2) is 0 Å². The van der Waals surface area contributed by atoms with Crippen molar-refractivity contribution in [2.75, 3.05) is 25.9 Å². The van der Waals surface area contributed by atoms with Crippen molar-refractivity contribution in [1.82, 2.24) is 10.2 Å². The summed E-state index contributed by atoms with van der Waals surface area (Å²) in [5.41, 5.74) is 2.70. The van der Waals surface area contributed by atoms with Gasteiger partial charge in [-0.1, -0.05) is 39.5 Å². The molecule has 5 heteroatoms. The van der Waals surface area contributed by atoms with E-state index >= 15 is 0 Å². The molecule has 4 nitrogen and oxygen atoms in total. The minimum atomic E-state index is 0.295. The third kappa shape index (κ3) is 5.61. The summed E-state index contributed by atoms with van der Waals surface area (Å²) in [6, 6.07) is 8.92. The molecule has 1 fully saturated rings. The molecular weight excluding hydrogens is 352 g/mol. The SMILES string of the molecule is C=C(CC(C)(C)C)N1CCC(N=C2CN=C(c3ccc(SC)cc3)N2)CC1. The molecule has 0 bridgehead atoms. The van der Waals surface area contributed by atoms with E-state index in [-0.39, 0.29) is 0 Å². The predicted octanol–water partition coefficient (Wildman–Crippen LogP) is 4.57. The summed E-state index contributed by atoms with van der Waals surface area (Å²) in [6.45, 7) is 13.9. The molecule has 1 saturated heterocycles. The van der Waals surface area contributed by atoms with Crippen molar-refractivity contribution in [3.63, 3.8) is 0 Å². The Labute approximate surface area is 168 Å². The lowest BCUT2D eigenvalue weighted by atomic mass is 9.90. The van der Waals surface area contributed by atoms with Crippen LogP contribution in [0.1, 0.15) is 45.6 Å². The van der Waals surface area contributed by atoms with Gasteiger partial charge >= 0.3 is 0 Å². The van der Waals surface area contributed by atoms with Gasteiger partial charge in [-0.05, 0) is 43.1 Å². The van der Waals surface area contributed by atoms with E-state index in [2.05, 4.69) is 73.1 Å². The van der Waals surface area contributed by atoms with Crippen LogP contribution in [0, 0.1) is 5.41 Å².